The lowest BCUT2D eigenvalue weighted by Crippen LogP contribution is -2.20. The van der Waals surface area contributed by atoms with Gasteiger partial charge in [-0.1, -0.05) is 13.3 Å². The van der Waals surface area contributed by atoms with Crippen LogP contribution in [0.5, 0.6) is 0 Å². The van der Waals surface area contributed by atoms with Crippen molar-refractivity contribution in [1.82, 2.24) is 24.7 Å². The van der Waals surface area contributed by atoms with E-state index in [1.165, 1.54) is 12.8 Å². The van der Waals surface area contributed by atoms with Crippen molar-refractivity contribution in [3.63, 3.8) is 0 Å². The Kier molecular flexibility index (Phi) is 2.77. The quantitative estimate of drug-likeness (QED) is 0.890. The number of rotatable bonds is 3. The predicted octanol–water partition coefficient (Wildman–Crippen LogP) is 1.44. The molecule has 0 spiro atoms. The van der Waals surface area contributed by atoms with Crippen LogP contribution in [0.4, 0.5) is 5.95 Å². The fraction of sp³-hybridized carbons (Fsp3) is 0.583. The van der Waals surface area contributed by atoms with Crippen LogP contribution in [0.1, 0.15) is 19.8 Å². The molecule has 1 saturated heterocycles. The zero-order valence-corrected chi connectivity index (χ0v) is 10.8. The summed E-state index contributed by atoms with van der Waals surface area (Å²) in [5.74, 6) is 3.13. The topological polar surface area (TPSA) is 62.6 Å². The van der Waals surface area contributed by atoms with E-state index in [0.717, 1.165) is 36.6 Å². The van der Waals surface area contributed by atoms with Crippen molar-refractivity contribution in [1.29, 1.82) is 0 Å². The maximum absolute atomic E-state index is 4.54. The van der Waals surface area contributed by atoms with E-state index in [-0.39, 0.29) is 0 Å². The van der Waals surface area contributed by atoms with Crippen LogP contribution in [0.2, 0.25) is 0 Å². The summed E-state index contributed by atoms with van der Waals surface area (Å²) in [6, 6.07) is 0. The Hall–Kier alpha value is -1.85. The Balaban J connectivity index is 1.80. The van der Waals surface area contributed by atoms with Crippen molar-refractivity contribution < 1.29 is 0 Å². The Morgan fingerprint density at radius 3 is 3.06 bits per heavy atom. The molecule has 0 bridgehead atoms. The summed E-state index contributed by atoms with van der Waals surface area (Å²) in [6.07, 6.45) is 6.14. The first-order valence-corrected chi connectivity index (χ1v) is 6.43. The molecule has 2 aromatic heterocycles. The molecule has 0 saturated carbocycles. The second kappa shape index (κ2) is 4.44. The summed E-state index contributed by atoms with van der Waals surface area (Å²) in [6.45, 7) is 4.36. The van der Waals surface area contributed by atoms with Gasteiger partial charge in [0, 0.05) is 32.5 Å². The summed E-state index contributed by atoms with van der Waals surface area (Å²) in [5.41, 5.74) is 0. The third-order valence-corrected chi connectivity index (χ3v) is 3.65. The van der Waals surface area contributed by atoms with E-state index in [4.69, 9.17) is 0 Å². The number of imidazole rings is 1. The molecule has 1 atom stereocenters. The van der Waals surface area contributed by atoms with Gasteiger partial charge in [-0.25, -0.2) is 4.98 Å². The molecule has 1 N–H and O–H groups in total. The van der Waals surface area contributed by atoms with E-state index >= 15 is 0 Å². The molecule has 3 rings (SSSR count). The molecule has 1 unspecified atom stereocenters. The van der Waals surface area contributed by atoms with Crippen LogP contribution in [-0.2, 0) is 7.05 Å². The molecule has 1 fully saturated rings. The van der Waals surface area contributed by atoms with Crippen LogP contribution < -0.4 is 4.90 Å². The van der Waals surface area contributed by atoms with Gasteiger partial charge in [-0.05, 0) is 12.3 Å². The molecular weight excluding hydrogens is 228 g/mol. The van der Waals surface area contributed by atoms with Gasteiger partial charge in [0.1, 0.15) is 0 Å². The van der Waals surface area contributed by atoms with Crippen LogP contribution in [0.15, 0.2) is 12.4 Å². The first-order chi connectivity index (χ1) is 8.78. The lowest BCUT2D eigenvalue weighted by molar-refractivity contribution is 0.568. The third-order valence-electron chi connectivity index (χ3n) is 3.65. The van der Waals surface area contributed by atoms with Gasteiger partial charge in [0.25, 0.3) is 0 Å². The summed E-state index contributed by atoms with van der Waals surface area (Å²) in [4.78, 5) is 11.1. The van der Waals surface area contributed by atoms with Crippen molar-refractivity contribution in [3.8, 4) is 11.6 Å². The highest BCUT2D eigenvalue weighted by molar-refractivity contribution is 5.47. The predicted molar refractivity (Wildman–Crippen MR) is 69.2 cm³/mol. The minimum absolute atomic E-state index is 0.734. The highest BCUT2D eigenvalue weighted by atomic mass is 15.4. The maximum Gasteiger partial charge on any atom is 0.245 e. The summed E-state index contributed by atoms with van der Waals surface area (Å²) in [7, 11) is 1.95. The Morgan fingerprint density at radius 2 is 2.39 bits per heavy atom. The van der Waals surface area contributed by atoms with E-state index < -0.39 is 0 Å². The molecule has 6 nitrogen and oxygen atoms in total. The zero-order chi connectivity index (χ0) is 12.5. The largest absolute Gasteiger partial charge is 0.339 e. The molecule has 0 aliphatic carbocycles. The number of nitrogens with one attached hydrogen (secondary N) is 1. The Bertz CT molecular complexity index is 528. The molecule has 96 valence electrons. The first kappa shape index (κ1) is 11.3. The Morgan fingerprint density at radius 1 is 1.50 bits per heavy atom. The fourth-order valence-corrected chi connectivity index (χ4v) is 2.44. The first-order valence-electron chi connectivity index (χ1n) is 6.43. The number of hydrogen-bond donors (Lipinski definition) is 1. The van der Waals surface area contributed by atoms with E-state index in [0.29, 0.717) is 0 Å². The molecule has 18 heavy (non-hydrogen) atoms. The van der Waals surface area contributed by atoms with Gasteiger partial charge >= 0.3 is 0 Å². The summed E-state index contributed by atoms with van der Waals surface area (Å²) in [5, 5.41) is 7.27. The molecule has 1 aliphatic heterocycles. The normalized spacial score (nSPS) is 19.7. The number of anilines is 1. The number of hydrogen-bond acceptors (Lipinski definition) is 4. The Labute approximate surface area is 106 Å². The number of aryl methyl sites for hydroxylation is 1. The average molecular weight is 246 g/mol. The van der Waals surface area contributed by atoms with Crippen LogP contribution >= 0.6 is 0 Å². The SMILES string of the molecule is CCC1CCN(c2n[nH]c(-c3nccn3C)n2)C1. The molecule has 6 heteroatoms. The van der Waals surface area contributed by atoms with Gasteiger partial charge < -0.3 is 9.47 Å². The van der Waals surface area contributed by atoms with Crippen molar-refractivity contribution >= 4 is 5.95 Å². The van der Waals surface area contributed by atoms with E-state index in [2.05, 4.69) is 32.0 Å². The van der Waals surface area contributed by atoms with E-state index in [1.807, 2.05) is 17.8 Å². The molecule has 3 heterocycles. The third kappa shape index (κ3) is 1.87. The number of aromatic amines is 1. The van der Waals surface area contributed by atoms with Crippen LogP contribution in [0, 0.1) is 5.92 Å². The minimum Gasteiger partial charge on any atom is -0.339 e. The second-order valence-electron chi connectivity index (χ2n) is 4.85. The van der Waals surface area contributed by atoms with Gasteiger partial charge in [-0.2, -0.15) is 4.98 Å². The summed E-state index contributed by atoms with van der Waals surface area (Å²) < 4.78 is 1.93. The number of aromatic nitrogens is 5. The molecule has 1 aliphatic rings. The van der Waals surface area contributed by atoms with E-state index in [1.54, 1.807) is 6.20 Å². The van der Waals surface area contributed by atoms with Gasteiger partial charge in [0.15, 0.2) is 11.6 Å². The number of nitrogens with zero attached hydrogens (tertiary/aromatic N) is 5. The highest BCUT2D eigenvalue weighted by Gasteiger charge is 2.24. The van der Waals surface area contributed by atoms with Gasteiger partial charge in [0.2, 0.25) is 5.95 Å². The second-order valence-corrected chi connectivity index (χ2v) is 4.85. The standard InChI is InChI=1S/C12H18N6/c1-3-9-4-6-18(8-9)12-14-10(15-16-12)11-13-5-7-17(11)2/h5,7,9H,3-4,6,8H2,1-2H3,(H,14,15,16). The fourth-order valence-electron chi connectivity index (χ4n) is 2.44. The highest BCUT2D eigenvalue weighted by Crippen LogP contribution is 2.24. The lowest BCUT2D eigenvalue weighted by Gasteiger charge is -2.12. The van der Waals surface area contributed by atoms with Crippen LogP contribution in [0.3, 0.4) is 0 Å². The molecule has 0 radical (unpaired) electrons. The van der Waals surface area contributed by atoms with Crippen molar-refractivity contribution in [2.75, 3.05) is 18.0 Å². The number of H-pyrrole nitrogens is 1. The van der Waals surface area contributed by atoms with Crippen molar-refractivity contribution in [2.45, 2.75) is 19.8 Å². The van der Waals surface area contributed by atoms with Crippen molar-refractivity contribution in [3.05, 3.63) is 12.4 Å². The molecule has 0 aromatic carbocycles. The molecular formula is C12H18N6. The minimum atomic E-state index is 0.734. The monoisotopic (exact) mass is 246 g/mol. The van der Waals surface area contributed by atoms with Gasteiger partial charge in [-0.3, -0.25) is 5.10 Å². The summed E-state index contributed by atoms with van der Waals surface area (Å²) >= 11 is 0. The van der Waals surface area contributed by atoms with Crippen LogP contribution in [0.25, 0.3) is 11.6 Å². The van der Waals surface area contributed by atoms with E-state index in [9.17, 15) is 0 Å². The van der Waals surface area contributed by atoms with Crippen molar-refractivity contribution in [2.24, 2.45) is 13.0 Å². The molecule has 0 amide bonds. The smallest absolute Gasteiger partial charge is 0.245 e. The van der Waals surface area contributed by atoms with Gasteiger partial charge in [0.05, 0.1) is 0 Å². The average Bonchev–Trinajstić information content (AvgIpc) is 3.07. The zero-order valence-electron chi connectivity index (χ0n) is 10.8. The maximum atomic E-state index is 4.54. The van der Waals surface area contributed by atoms with Gasteiger partial charge in [-0.15, -0.1) is 5.10 Å². The molecule has 2 aromatic rings. The lowest BCUT2D eigenvalue weighted by atomic mass is 10.1. The van der Waals surface area contributed by atoms with Crippen LogP contribution in [-0.4, -0.2) is 37.8 Å².